The predicted octanol–water partition coefficient (Wildman–Crippen LogP) is 13.9. The van der Waals surface area contributed by atoms with Gasteiger partial charge in [-0.2, -0.15) is 0 Å². The van der Waals surface area contributed by atoms with E-state index in [0.717, 1.165) is 0 Å². The quantitative estimate of drug-likeness (QED) is 0.0807. The van der Waals surface area contributed by atoms with E-state index in [1.165, 1.54) is 53.9 Å². The Balaban J connectivity index is 0.998. The van der Waals surface area contributed by atoms with E-state index in [0.29, 0.717) is 0 Å². The van der Waals surface area contributed by atoms with Crippen LogP contribution in [-0.2, 0) is 0 Å². The van der Waals surface area contributed by atoms with Gasteiger partial charge in [-0.05, 0) is 230 Å². The Morgan fingerprint density at radius 1 is 0.308 bits per heavy atom. The van der Waals surface area contributed by atoms with Gasteiger partial charge in [0, 0.05) is 59.2 Å². The van der Waals surface area contributed by atoms with Crippen molar-refractivity contribution in [1.82, 2.24) is 0 Å². The molecule has 0 fully saturated rings. The van der Waals surface area contributed by atoms with Crippen LogP contribution in [0.2, 0.25) is 0 Å². The standard InChI is InChI=1S/C78H36/c1-7-27-31-11-3-15-35-39-19-23-43-45-25-21-41-37-17-5-13-33-29-9-2-10-30-34-14-6-18-38-42-22-26-46-44-24-20-40-36-16-4-12-32-28(8-1)47(27)61-63(49(31)35)67-53(39)57(43)71-73-59(45)55(41)69-65(51(33)37)62(48(29)30)66(52(34)38)70-56(42)60(46)74(78(73)76(69)70)72-58(44)54(40)68(64(61)50(32)36)75(67)77(71)72/h1-27,36,39,41-42,44-45,53,55,76H. The van der Waals surface area contributed by atoms with Gasteiger partial charge in [-0.25, -0.2) is 0 Å². The molecule has 0 radical (unpaired) electrons. The van der Waals surface area contributed by atoms with Gasteiger partial charge in [0.15, 0.2) is 0 Å². The SMILES string of the molecule is C1=CC2C3=c4c5c6c7c8c9c%10c6c6c%11c%12c%13c%14c(c(c2c%13c46)=C1)=CC=CC%14c1cccc(c1-%12)C1C=CC(=C%10C%111)C1C=CC2c4cccc6c4c4c%10c%11c%12c(cccc%12c%12cccc6c%10%12)C6C=CC(=C7C6=C%11C8C=4C2C=91)C5C=C3. The fraction of sp³-hybridized carbons (Fsp3) is 0.128. The highest BCUT2D eigenvalue weighted by molar-refractivity contribution is 6.38. The molecule has 0 saturated carbocycles. The van der Waals surface area contributed by atoms with Gasteiger partial charge in [0.1, 0.15) is 0 Å². The molecule has 0 spiro atoms. The van der Waals surface area contributed by atoms with Crippen LogP contribution in [-0.4, -0.2) is 0 Å². The Kier molecular flexibility index (Phi) is 4.66. The molecule has 0 amide bonds. The summed E-state index contributed by atoms with van der Waals surface area (Å²) in [6, 6.07) is 29.7. The predicted molar refractivity (Wildman–Crippen MR) is 317 cm³/mol. The van der Waals surface area contributed by atoms with Gasteiger partial charge in [-0.15, -0.1) is 0 Å². The summed E-state index contributed by atoms with van der Waals surface area (Å²) in [7, 11) is 0. The summed E-state index contributed by atoms with van der Waals surface area (Å²) in [5.41, 5.74) is 37.2. The van der Waals surface area contributed by atoms with Crippen molar-refractivity contribution in [3.05, 3.63) is 255 Å². The Hall–Kier alpha value is -8.84. The lowest BCUT2D eigenvalue weighted by atomic mass is 9.46. The topological polar surface area (TPSA) is 0 Å². The van der Waals surface area contributed by atoms with Crippen LogP contribution < -0.4 is 26.1 Å². The third kappa shape index (κ3) is 2.89. The van der Waals surface area contributed by atoms with Gasteiger partial charge in [-0.3, -0.25) is 0 Å². The number of fused-ring (bicyclic) bond motifs is 10. The zero-order chi connectivity index (χ0) is 48.4. The Morgan fingerprint density at radius 2 is 1.00 bits per heavy atom. The van der Waals surface area contributed by atoms with Crippen LogP contribution in [0.4, 0.5) is 0 Å². The molecule has 27 rings (SSSR count). The summed E-state index contributed by atoms with van der Waals surface area (Å²) >= 11 is 0. The first kappa shape index (κ1) is 35.5. The lowest BCUT2D eigenvalue weighted by Gasteiger charge is -2.56. The average molecular weight is 973 g/mol. The summed E-state index contributed by atoms with van der Waals surface area (Å²) in [4.78, 5) is 0. The molecule has 0 heterocycles. The van der Waals surface area contributed by atoms with Crippen molar-refractivity contribution in [1.29, 1.82) is 0 Å². The van der Waals surface area contributed by atoms with Crippen molar-refractivity contribution in [3.63, 3.8) is 0 Å². The minimum atomic E-state index is 0.171. The van der Waals surface area contributed by atoms with Gasteiger partial charge >= 0.3 is 0 Å². The van der Waals surface area contributed by atoms with Gasteiger partial charge in [-0.1, -0.05) is 158 Å². The average Bonchev–Trinajstić information content (AvgIpc) is 1.41. The second-order valence-electron chi connectivity index (χ2n) is 26.5. The molecule has 348 valence electrons. The summed E-state index contributed by atoms with van der Waals surface area (Å²) in [5.74, 6) is 2.32. The molecule has 10 unspecified atom stereocenters. The fourth-order valence-corrected chi connectivity index (χ4v) is 23.1. The lowest BCUT2D eigenvalue weighted by molar-refractivity contribution is 0.623. The number of hydrogen-bond acceptors (Lipinski definition) is 0. The van der Waals surface area contributed by atoms with Gasteiger partial charge < -0.3 is 0 Å². The van der Waals surface area contributed by atoms with E-state index in [-0.39, 0.29) is 59.2 Å². The minimum absolute atomic E-state index is 0.171. The monoisotopic (exact) mass is 972 g/mol. The second-order valence-corrected chi connectivity index (χ2v) is 26.5. The maximum Gasteiger partial charge on any atom is 0.0336 e. The third-order valence-electron chi connectivity index (χ3n) is 24.7. The molecule has 0 bridgehead atoms. The maximum absolute atomic E-state index is 2.75. The van der Waals surface area contributed by atoms with Crippen molar-refractivity contribution in [2.75, 3.05) is 0 Å². The normalized spacial score (nSPS) is 29.7. The molecule has 0 aromatic heterocycles. The highest BCUT2D eigenvalue weighted by Crippen LogP contribution is 2.74. The Labute approximate surface area is 444 Å². The number of rotatable bonds is 0. The number of allylic oxidation sites excluding steroid dienone is 18. The molecule has 10 aromatic rings. The Morgan fingerprint density at radius 3 is 1.90 bits per heavy atom. The van der Waals surface area contributed by atoms with Crippen molar-refractivity contribution in [3.8, 4) is 11.1 Å². The van der Waals surface area contributed by atoms with Crippen LogP contribution in [0.15, 0.2) is 162 Å². The lowest BCUT2D eigenvalue weighted by Crippen LogP contribution is -2.49. The smallest absolute Gasteiger partial charge is 0.0336 e. The summed E-state index contributed by atoms with van der Waals surface area (Å²) in [5, 5.41) is 29.4. The summed E-state index contributed by atoms with van der Waals surface area (Å²) in [6.07, 6.45) is 36.6. The first-order chi connectivity index (χ1) is 38.8. The van der Waals surface area contributed by atoms with Gasteiger partial charge in [0.05, 0.1) is 0 Å². The summed E-state index contributed by atoms with van der Waals surface area (Å²) in [6.45, 7) is 0. The molecule has 0 heteroatoms. The third-order valence-corrected chi connectivity index (χ3v) is 24.7. The van der Waals surface area contributed by atoms with E-state index in [1.807, 2.05) is 0 Å². The van der Waals surface area contributed by atoms with Crippen LogP contribution >= 0.6 is 0 Å². The van der Waals surface area contributed by atoms with Crippen molar-refractivity contribution < 1.29 is 0 Å². The molecule has 0 nitrogen and oxygen atoms in total. The molecule has 0 saturated heterocycles. The van der Waals surface area contributed by atoms with E-state index in [4.69, 9.17) is 0 Å². The first-order valence-corrected chi connectivity index (χ1v) is 29.3. The van der Waals surface area contributed by atoms with E-state index in [2.05, 4.69) is 158 Å². The molecule has 78 heavy (non-hydrogen) atoms. The number of hydrogen-bond donors (Lipinski definition) is 0. The van der Waals surface area contributed by atoms with Crippen LogP contribution in [0.1, 0.15) is 114 Å². The minimum Gasteiger partial charge on any atom is -0.0791 e. The molecular weight excluding hydrogens is 937 g/mol. The molecule has 17 aliphatic rings. The van der Waals surface area contributed by atoms with Crippen LogP contribution in [0.25, 0.3) is 132 Å². The van der Waals surface area contributed by atoms with Gasteiger partial charge in [0.2, 0.25) is 0 Å². The molecule has 0 aliphatic heterocycles. The highest BCUT2D eigenvalue weighted by Gasteiger charge is 2.59. The zero-order valence-corrected chi connectivity index (χ0v) is 41.8. The molecule has 10 atom stereocenters. The second kappa shape index (κ2) is 10.3. The van der Waals surface area contributed by atoms with E-state index >= 15 is 0 Å². The van der Waals surface area contributed by atoms with E-state index in [9.17, 15) is 0 Å². The highest BCUT2D eigenvalue weighted by atomic mass is 14.6. The zero-order valence-electron chi connectivity index (χ0n) is 41.8. The van der Waals surface area contributed by atoms with E-state index < -0.39 is 0 Å². The first-order valence-electron chi connectivity index (χ1n) is 29.3. The summed E-state index contributed by atoms with van der Waals surface area (Å²) < 4.78 is 0. The molecule has 0 N–H and O–H groups in total. The van der Waals surface area contributed by atoms with Crippen molar-refractivity contribution in [2.24, 2.45) is 11.8 Å². The maximum atomic E-state index is 2.75. The molecule has 17 aliphatic carbocycles. The van der Waals surface area contributed by atoms with Gasteiger partial charge in [0.25, 0.3) is 0 Å². The van der Waals surface area contributed by atoms with Crippen molar-refractivity contribution in [2.45, 2.75) is 47.3 Å². The Bertz CT molecular complexity index is 6050. The van der Waals surface area contributed by atoms with E-state index in [1.54, 1.807) is 176 Å². The van der Waals surface area contributed by atoms with Crippen molar-refractivity contribution >= 4 is 121 Å². The van der Waals surface area contributed by atoms with Crippen LogP contribution in [0.5, 0.6) is 0 Å². The number of benzene rings is 10. The van der Waals surface area contributed by atoms with Crippen LogP contribution in [0, 0.1) is 11.8 Å². The molecule has 10 aromatic carbocycles. The molecular formula is C78H36. The largest absolute Gasteiger partial charge is 0.0791 e. The fourth-order valence-electron chi connectivity index (χ4n) is 23.1. The van der Waals surface area contributed by atoms with Crippen LogP contribution in [0.3, 0.4) is 0 Å².